The maximum absolute atomic E-state index is 2.45. The van der Waals surface area contributed by atoms with E-state index in [-0.39, 0.29) is 0 Å². The fourth-order valence-electron chi connectivity index (χ4n) is 2.84. The molecule has 0 atom stereocenters. The van der Waals surface area contributed by atoms with Crippen LogP contribution in [0.4, 0.5) is 0 Å². The Morgan fingerprint density at radius 1 is 0.905 bits per heavy atom. The van der Waals surface area contributed by atoms with Crippen molar-refractivity contribution in [3.8, 4) is 11.3 Å². The van der Waals surface area contributed by atoms with Crippen LogP contribution < -0.4 is 0 Å². The Morgan fingerprint density at radius 2 is 1.62 bits per heavy atom. The molecule has 2 aromatic carbocycles. The second-order valence-electron chi connectivity index (χ2n) is 5.76. The summed E-state index contributed by atoms with van der Waals surface area (Å²) in [5.41, 5.74) is 3.93. The molecule has 0 aliphatic rings. The van der Waals surface area contributed by atoms with Crippen LogP contribution in [0.3, 0.4) is 0 Å². The van der Waals surface area contributed by atoms with E-state index >= 15 is 0 Å². The standard InChI is InChI=1S/C19H22N2/c1-20(2)13-8-14-21-18-12-7-6-11-17(18)15-19(21)16-9-4-3-5-10-16/h3-7,9-12,15H,8,13-14H2,1-2H3. The molecule has 0 amide bonds. The van der Waals surface area contributed by atoms with Crippen molar-refractivity contribution in [1.29, 1.82) is 0 Å². The van der Waals surface area contributed by atoms with Gasteiger partial charge in [0.1, 0.15) is 0 Å². The largest absolute Gasteiger partial charge is 0.340 e. The third-order valence-corrected chi connectivity index (χ3v) is 3.87. The number of fused-ring (bicyclic) bond motifs is 1. The van der Waals surface area contributed by atoms with Gasteiger partial charge in [0.25, 0.3) is 0 Å². The summed E-state index contributed by atoms with van der Waals surface area (Å²) in [5.74, 6) is 0. The molecule has 0 unspecified atom stereocenters. The van der Waals surface area contributed by atoms with E-state index in [0.29, 0.717) is 0 Å². The number of benzene rings is 2. The highest BCUT2D eigenvalue weighted by atomic mass is 15.1. The lowest BCUT2D eigenvalue weighted by molar-refractivity contribution is 0.388. The molecule has 3 aromatic rings. The number of nitrogens with zero attached hydrogens (tertiary/aromatic N) is 2. The third kappa shape index (κ3) is 3.01. The minimum Gasteiger partial charge on any atom is -0.340 e. The summed E-state index contributed by atoms with van der Waals surface area (Å²) in [5, 5.41) is 1.32. The minimum atomic E-state index is 1.05. The fourth-order valence-corrected chi connectivity index (χ4v) is 2.84. The van der Waals surface area contributed by atoms with E-state index in [4.69, 9.17) is 0 Å². The van der Waals surface area contributed by atoms with Crippen molar-refractivity contribution in [3.63, 3.8) is 0 Å². The molecule has 108 valence electrons. The fraction of sp³-hybridized carbons (Fsp3) is 0.263. The van der Waals surface area contributed by atoms with E-state index in [1.54, 1.807) is 0 Å². The Labute approximate surface area is 126 Å². The van der Waals surface area contributed by atoms with Gasteiger partial charge in [-0.1, -0.05) is 48.5 Å². The molecule has 0 saturated carbocycles. The third-order valence-electron chi connectivity index (χ3n) is 3.87. The number of rotatable bonds is 5. The molecule has 0 saturated heterocycles. The first-order valence-corrected chi connectivity index (χ1v) is 7.54. The van der Waals surface area contributed by atoms with Crippen molar-refractivity contribution in [2.45, 2.75) is 13.0 Å². The van der Waals surface area contributed by atoms with Crippen LogP contribution in [0, 0.1) is 0 Å². The van der Waals surface area contributed by atoms with Crippen molar-refractivity contribution < 1.29 is 0 Å². The van der Waals surface area contributed by atoms with Gasteiger partial charge in [-0.05, 0) is 44.8 Å². The predicted octanol–water partition coefficient (Wildman–Crippen LogP) is 4.26. The molecule has 1 aromatic heterocycles. The lowest BCUT2D eigenvalue weighted by atomic mass is 10.1. The lowest BCUT2D eigenvalue weighted by Crippen LogP contribution is -2.15. The monoisotopic (exact) mass is 278 g/mol. The van der Waals surface area contributed by atoms with E-state index in [2.05, 4.69) is 84.2 Å². The van der Waals surface area contributed by atoms with Gasteiger partial charge in [-0.25, -0.2) is 0 Å². The summed E-state index contributed by atoms with van der Waals surface area (Å²) < 4.78 is 2.45. The molecule has 0 N–H and O–H groups in total. The first-order chi connectivity index (χ1) is 10.3. The molecule has 2 nitrogen and oxygen atoms in total. The summed E-state index contributed by atoms with van der Waals surface area (Å²) in [6.07, 6.45) is 1.16. The van der Waals surface area contributed by atoms with Crippen molar-refractivity contribution in [2.24, 2.45) is 0 Å². The molecule has 0 bridgehead atoms. The quantitative estimate of drug-likeness (QED) is 0.677. The number of para-hydroxylation sites is 1. The SMILES string of the molecule is CN(C)CCCn1c(-c2ccccc2)cc2ccccc21. The van der Waals surface area contributed by atoms with Crippen LogP contribution >= 0.6 is 0 Å². The van der Waals surface area contributed by atoms with Crippen molar-refractivity contribution in [2.75, 3.05) is 20.6 Å². The first kappa shape index (κ1) is 13.9. The molecule has 0 fully saturated rings. The Bertz CT molecular complexity index is 711. The summed E-state index contributed by atoms with van der Waals surface area (Å²) in [6, 6.07) is 21.6. The molecule has 21 heavy (non-hydrogen) atoms. The van der Waals surface area contributed by atoms with Crippen LogP contribution in [-0.2, 0) is 6.54 Å². The van der Waals surface area contributed by atoms with E-state index in [0.717, 1.165) is 19.5 Å². The van der Waals surface area contributed by atoms with Gasteiger partial charge in [0, 0.05) is 23.1 Å². The molecule has 0 spiro atoms. The van der Waals surface area contributed by atoms with E-state index in [9.17, 15) is 0 Å². The molecule has 0 aliphatic carbocycles. The van der Waals surface area contributed by atoms with E-state index in [1.165, 1.54) is 22.2 Å². The highest BCUT2D eigenvalue weighted by Crippen LogP contribution is 2.28. The zero-order valence-corrected chi connectivity index (χ0v) is 12.8. The van der Waals surface area contributed by atoms with Crippen molar-refractivity contribution in [1.82, 2.24) is 9.47 Å². The molecule has 0 aliphatic heterocycles. The second kappa shape index (κ2) is 6.15. The summed E-state index contributed by atoms with van der Waals surface area (Å²) in [4.78, 5) is 2.24. The molecular weight excluding hydrogens is 256 g/mol. The topological polar surface area (TPSA) is 8.17 Å². The normalized spacial score (nSPS) is 11.4. The average molecular weight is 278 g/mol. The van der Waals surface area contributed by atoms with Gasteiger partial charge in [0.05, 0.1) is 0 Å². The van der Waals surface area contributed by atoms with Gasteiger partial charge in [-0.15, -0.1) is 0 Å². The maximum Gasteiger partial charge on any atom is 0.0491 e. The number of aromatic nitrogens is 1. The molecule has 3 rings (SSSR count). The summed E-state index contributed by atoms with van der Waals surface area (Å²) in [7, 11) is 4.26. The number of hydrogen-bond acceptors (Lipinski definition) is 1. The predicted molar refractivity (Wildman–Crippen MR) is 90.5 cm³/mol. The number of hydrogen-bond donors (Lipinski definition) is 0. The van der Waals surface area contributed by atoms with Gasteiger partial charge in [-0.2, -0.15) is 0 Å². The molecule has 1 heterocycles. The molecule has 0 radical (unpaired) electrons. The Balaban J connectivity index is 2.02. The second-order valence-corrected chi connectivity index (χ2v) is 5.76. The smallest absolute Gasteiger partial charge is 0.0491 e. The lowest BCUT2D eigenvalue weighted by Gasteiger charge is -2.13. The minimum absolute atomic E-state index is 1.05. The van der Waals surface area contributed by atoms with Crippen LogP contribution in [0.15, 0.2) is 60.7 Å². The maximum atomic E-state index is 2.45. The van der Waals surface area contributed by atoms with Crippen LogP contribution in [0.25, 0.3) is 22.2 Å². The molecule has 2 heteroatoms. The van der Waals surface area contributed by atoms with E-state index < -0.39 is 0 Å². The highest BCUT2D eigenvalue weighted by molar-refractivity contribution is 5.87. The van der Waals surface area contributed by atoms with Crippen LogP contribution in [0.2, 0.25) is 0 Å². The highest BCUT2D eigenvalue weighted by Gasteiger charge is 2.09. The van der Waals surface area contributed by atoms with Gasteiger partial charge < -0.3 is 9.47 Å². The van der Waals surface area contributed by atoms with Crippen molar-refractivity contribution >= 4 is 10.9 Å². The zero-order valence-electron chi connectivity index (χ0n) is 12.8. The van der Waals surface area contributed by atoms with Gasteiger partial charge in [-0.3, -0.25) is 0 Å². The zero-order chi connectivity index (χ0) is 14.7. The summed E-state index contributed by atoms with van der Waals surface area (Å²) >= 11 is 0. The van der Waals surface area contributed by atoms with Crippen LogP contribution in [0.1, 0.15) is 6.42 Å². The Kier molecular flexibility index (Phi) is 4.07. The molecular formula is C19H22N2. The summed E-state index contributed by atoms with van der Waals surface area (Å²) in [6.45, 7) is 2.16. The van der Waals surface area contributed by atoms with Crippen LogP contribution in [-0.4, -0.2) is 30.1 Å². The Morgan fingerprint density at radius 3 is 2.38 bits per heavy atom. The van der Waals surface area contributed by atoms with E-state index in [1.807, 2.05) is 0 Å². The Hall–Kier alpha value is -2.06. The average Bonchev–Trinajstić information content (AvgIpc) is 2.87. The first-order valence-electron chi connectivity index (χ1n) is 7.54. The van der Waals surface area contributed by atoms with Crippen LogP contribution in [0.5, 0.6) is 0 Å². The van der Waals surface area contributed by atoms with Gasteiger partial charge >= 0.3 is 0 Å². The number of aryl methyl sites for hydroxylation is 1. The van der Waals surface area contributed by atoms with Gasteiger partial charge in [0.2, 0.25) is 0 Å². The van der Waals surface area contributed by atoms with Crippen molar-refractivity contribution in [3.05, 3.63) is 60.7 Å². The van der Waals surface area contributed by atoms with Gasteiger partial charge in [0.15, 0.2) is 0 Å².